The van der Waals surface area contributed by atoms with E-state index >= 15 is 0 Å². The van der Waals surface area contributed by atoms with Crippen LogP contribution in [0.25, 0.3) is 0 Å². The summed E-state index contributed by atoms with van der Waals surface area (Å²) in [5.41, 5.74) is 1.49. The van der Waals surface area contributed by atoms with Gasteiger partial charge in [-0.15, -0.1) is 0 Å². The third-order valence-corrected chi connectivity index (χ3v) is 3.61. The number of amides is 1. The third-order valence-electron chi connectivity index (χ3n) is 3.61. The predicted molar refractivity (Wildman–Crippen MR) is 88.3 cm³/mol. The standard InChI is InChI=1S/C18H20F2N2O2/c1-22(2)16(13-6-4-3-5-7-13)12-21-17(23)14-8-10-15(11-9-14)24-18(19)20/h3-11,16,18H,12H2,1-2H3,(H,21,23). The Morgan fingerprint density at radius 1 is 1.08 bits per heavy atom. The Labute approximate surface area is 140 Å². The lowest BCUT2D eigenvalue weighted by Gasteiger charge is -2.25. The van der Waals surface area contributed by atoms with Crippen LogP contribution in [0, 0.1) is 0 Å². The van der Waals surface area contributed by atoms with E-state index in [1.807, 2.05) is 49.3 Å². The number of rotatable bonds is 7. The van der Waals surface area contributed by atoms with Crippen molar-refractivity contribution in [3.8, 4) is 5.75 Å². The fourth-order valence-corrected chi connectivity index (χ4v) is 2.35. The molecule has 0 aliphatic carbocycles. The smallest absolute Gasteiger partial charge is 0.387 e. The van der Waals surface area contributed by atoms with Gasteiger partial charge in [0.1, 0.15) is 5.75 Å². The van der Waals surface area contributed by atoms with E-state index in [1.54, 1.807) is 0 Å². The maximum absolute atomic E-state index is 12.2. The van der Waals surface area contributed by atoms with Crippen LogP contribution < -0.4 is 10.1 Å². The van der Waals surface area contributed by atoms with E-state index in [-0.39, 0.29) is 17.7 Å². The Hall–Kier alpha value is -2.47. The highest BCUT2D eigenvalue weighted by molar-refractivity contribution is 5.94. The number of hydrogen-bond donors (Lipinski definition) is 1. The fourth-order valence-electron chi connectivity index (χ4n) is 2.35. The zero-order valence-electron chi connectivity index (χ0n) is 13.6. The molecule has 0 heterocycles. The van der Waals surface area contributed by atoms with Gasteiger partial charge in [0.25, 0.3) is 5.91 Å². The second kappa shape index (κ2) is 8.40. The van der Waals surface area contributed by atoms with E-state index in [2.05, 4.69) is 10.1 Å². The van der Waals surface area contributed by atoms with Crippen LogP contribution in [0.15, 0.2) is 54.6 Å². The van der Waals surface area contributed by atoms with Gasteiger partial charge >= 0.3 is 6.61 Å². The molecule has 2 aromatic carbocycles. The van der Waals surface area contributed by atoms with Gasteiger partial charge in [-0.1, -0.05) is 30.3 Å². The molecule has 24 heavy (non-hydrogen) atoms. The number of carbonyl (C=O) groups excluding carboxylic acids is 1. The number of benzene rings is 2. The Kier molecular flexibility index (Phi) is 6.26. The van der Waals surface area contributed by atoms with Crippen molar-refractivity contribution < 1.29 is 18.3 Å². The molecule has 4 nitrogen and oxygen atoms in total. The molecule has 0 spiro atoms. The van der Waals surface area contributed by atoms with Gasteiger partial charge in [0.15, 0.2) is 0 Å². The van der Waals surface area contributed by atoms with Crippen LogP contribution in [0.1, 0.15) is 22.0 Å². The van der Waals surface area contributed by atoms with Crippen LogP contribution >= 0.6 is 0 Å². The van der Waals surface area contributed by atoms with Crippen molar-refractivity contribution in [2.24, 2.45) is 0 Å². The summed E-state index contributed by atoms with van der Waals surface area (Å²) in [6.07, 6.45) is 0. The summed E-state index contributed by atoms with van der Waals surface area (Å²) in [4.78, 5) is 14.2. The quantitative estimate of drug-likeness (QED) is 0.844. The minimum Gasteiger partial charge on any atom is -0.435 e. The van der Waals surface area contributed by atoms with Crippen molar-refractivity contribution >= 4 is 5.91 Å². The molecule has 2 aromatic rings. The number of likely N-dealkylation sites (N-methyl/N-ethyl adjacent to an activating group) is 1. The molecule has 6 heteroatoms. The summed E-state index contributed by atoms with van der Waals surface area (Å²) >= 11 is 0. The molecule has 2 rings (SSSR count). The first-order chi connectivity index (χ1) is 11.5. The van der Waals surface area contributed by atoms with E-state index < -0.39 is 6.61 Å². The number of halogens is 2. The van der Waals surface area contributed by atoms with E-state index in [0.717, 1.165) is 5.56 Å². The molecular weight excluding hydrogens is 314 g/mol. The van der Waals surface area contributed by atoms with Crippen LogP contribution in [-0.4, -0.2) is 38.1 Å². The highest BCUT2D eigenvalue weighted by Gasteiger charge is 2.15. The number of hydrogen-bond acceptors (Lipinski definition) is 3. The molecule has 0 saturated carbocycles. The minimum absolute atomic E-state index is 0.0250. The number of alkyl halides is 2. The van der Waals surface area contributed by atoms with Crippen LogP contribution in [0.2, 0.25) is 0 Å². The van der Waals surface area contributed by atoms with Gasteiger partial charge in [0.05, 0.1) is 6.04 Å². The lowest BCUT2D eigenvalue weighted by atomic mass is 10.1. The number of nitrogens with zero attached hydrogens (tertiary/aromatic N) is 1. The van der Waals surface area contributed by atoms with Crippen molar-refractivity contribution in [1.29, 1.82) is 0 Å². The maximum Gasteiger partial charge on any atom is 0.387 e. The lowest BCUT2D eigenvalue weighted by Crippen LogP contribution is -2.34. The van der Waals surface area contributed by atoms with Gasteiger partial charge in [-0.05, 0) is 43.9 Å². The molecule has 0 aromatic heterocycles. The van der Waals surface area contributed by atoms with Gasteiger partial charge in [-0.2, -0.15) is 8.78 Å². The fraction of sp³-hybridized carbons (Fsp3) is 0.278. The zero-order valence-corrected chi connectivity index (χ0v) is 13.6. The van der Waals surface area contributed by atoms with Gasteiger partial charge < -0.3 is 15.0 Å². The highest BCUT2D eigenvalue weighted by Crippen LogP contribution is 2.18. The molecule has 1 atom stereocenters. The normalized spacial score (nSPS) is 12.2. The molecule has 0 aliphatic rings. The number of ether oxygens (including phenoxy) is 1. The van der Waals surface area contributed by atoms with E-state index in [4.69, 9.17) is 0 Å². The second-order valence-corrected chi connectivity index (χ2v) is 5.50. The Morgan fingerprint density at radius 3 is 2.25 bits per heavy atom. The van der Waals surface area contributed by atoms with E-state index in [0.29, 0.717) is 12.1 Å². The van der Waals surface area contributed by atoms with Crippen molar-refractivity contribution in [1.82, 2.24) is 10.2 Å². The van der Waals surface area contributed by atoms with Crippen molar-refractivity contribution in [2.75, 3.05) is 20.6 Å². The Bertz CT molecular complexity index is 646. The summed E-state index contributed by atoms with van der Waals surface area (Å²) in [6.45, 7) is -2.44. The van der Waals surface area contributed by atoms with E-state index in [1.165, 1.54) is 24.3 Å². The first-order valence-electron chi connectivity index (χ1n) is 7.52. The molecule has 0 radical (unpaired) electrons. The van der Waals surface area contributed by atoms with Crippen LogP contribution in [0.3, 0.4) is 0 Å². The van der Waals surface area contributed by atoms with Crippen molar-refractivity contribution in [3.63, 3.8) is 0 Å². The summed E-state index contributed by atoms with van der Waals surface area (Å²) in [6, 6.07) is 15.5. The molecule has 1 N–H and O–H groups in total. The molecular formula is C18H20F2N2O2. The SMILES string of the molecule is CN(C)C(CNC(=O)c1ccc(OC(F)F)cc1)c1ccccc1. The summed E-state index contributed by atoms with van der Waals surface area (Å²) < 4.78 is 28.5. The van der Waals surface area contributed by atoms with Crippen molar-refractivity contribution in [2.45, 2.75) is 12.7 Å². The van der Waals surface area contributed by atoms with Crippen molar-refractivity contribution in [3.05, 3.63) is 65.7 Å². The average molecular weight is 334 g/mol. The van der Waals surface area contributed by atoms with Gasteiger partial charge in [0, 0.05) is 12.1 Å². The number of carbonyl (C=O) groups is 1. The molecule has 1 unspecified atom stereocenters. The monoisotopic (exact) mass is 334 g/mol. The first kappa shape index (κ1) is 17.9. The Balaban J connectivity index is 1.98. The first-order valence-corrected chi connectivity index (χ1v) is 7.52. The summed E-state index contributed by atoms with van der Waals surface area (Å²) in [5.74, 6) is -0.238. The topological polar surface area (TPSA) is 41.6 Å². The van der Waals surface area contributed by atoms with Crippen LogP contribution in [0.4, 0.5) is 8.78 Å². The predicted octanol–water partition coefficient (Wildman–Crippen LogP) is 3.32. The molecule has 1 amide bonds. The lowest BCUT2D eigenvalue weighted by molar-refractivity contribution is -0.0498. The highest BCUT2D eigenvalue weighted by atomic mass is 19.3. The summed E-state index contributed by atoms with van der Waals surface area (Å²) in [7, 11) is 3.89. The second-order valence-electron chi connectivity index (χ2n) is 5.50. The molecule has 128 valence electrons. The van der Waals surface area contributed by atoms with Gasteiger partial charge in [0.2, 0.25) is 0 Å². The Morgan fingerprint density at radius 2 is 1.71 bits per heavy atom. The van der Waals surface area contributed by atoms with Gasteiger partial charge in [-0.25, -0.2) is 0 Å². The molecule has 0 saturated heterocycles. The minimum atomic E-state index is -2.88. The third kappa shape index (κ3) is 5.03. The maximum atomic E-state index is 12.2. The largest absolute Gasteiger partial charge is 0.435 e. The van der Waals surface area contributed by atoms with Gasteiger partial charge in [-0.3, -0.25) is 4.79 Å². The van der Waals surface area contributed by atoms with Crippen LogP contribution in [-0.2, 0) is 0 Å². The molecule has 0 aliphatic heterocycles. The van der Waals surface area contributed by atoms with E-state index in [9.17, 15) is 13.6 Å². The van der Waals surface area contributed by atoms with Crippen LogP contribution in [0.5, 0.6) is 5.75 Å². The molecule has 0 fully saturated rings. The number of nitrogens with one attached hydrogen (secondary N) is 1. The molecule has 0 bridgehead atoms. The zero-order chi connectivity index (χ0) is 17.5. The average Bonchev–Trinajstić information content (AvgIpc) is 2.55. The summed E-state index contributed by atoms with van der Waals surface area (Å²) in [5, 5.41) is 2.87.